The third-order valence-corrected chi connectivity index (χ3v) is 7.17. The highest BCUT2D eigenvalue weighted by Gasteiger charge is 2.50. The molecule has 26 heavy (non-hydrogen) atoms. The molecule has 2 aliphatic heterocycles. The lowest BCUT2D eigenvalue weighted by atomic mass is 9.77. The van der Waals surface area contributed by atoms with Gasteiger partial charge < -0.3 is 14.9 Å². The SMILES string of the molecule is O=C1N([C@H]2CC[C@H](O)CC2)CCC12CCN(c1ncc(Br)cc1Cl)CC2. The van der Waals surface area contributed by atoms with E-state index in [9.17, 15) is 9.90 Å². The molecule has 1 saturated carbocycles. The van der Waals surface area contributed by atoms with Crippen LogP contribution in [0, 0.1) is 5.41 Å². The molecule has 3 fully saturated rings. The van der Waals surface area contributed by atoms with Crippen LogP contribution in [0.1, 0.15) is 44.9 Å². The summed E-state index contributed by atoms with van der Waals surface area (Å²) in [7, 11) is 0. The number of aliphatic hydroxyl groups is 1. The molecule has 1 amide bonds. The molecule has 1 aliphatic carbocycles. The number of halogens is 2. The largest absolute Gasteiger partial charge is 0.393 e. The minimum atomic E-state index is -0.200. The first-order valence-corrected chi connectivity index (χ1v) is 10.7. The third-order valence-electron chi connectivity index (χ3n) is 6.46. The van der Waals surface area contributed by atoms with Crippen LogP contribution in [-0.4, -0.2) is 52.7 Å². The highest BCUT2D eigenvalue weighted by atomic mass is 79.9. The van der Waals surface area contributed by atoms with E-state index >= 15 is 0 Å². The Balaban J connectivity index is 1.41. The molecule has 1 N–H and O–H groups in total. The van der Waals surface area contributed by atoms with Crippen molar-refractivity contribution in [2.45, 2.75) is 57.1 Å². The molecule has 0 unspecified atom stereocenters. The van der Waals surface area contributed by atoms with Gasteiger partial charge in [-0.2, -0.15) is 0 Å². The summed E-state index contributed by atoms with van der Waals surface area (Å²) in [6.07, 6.45) is 7.81. The fourth-order valence-corrected chi connectivity index (χ4v) is 5.57. The number of nitrogens with zero attached hydrogens (tertiary/aromatic N) is 3. The molecule has 7 heteroatoms. The monoisotopic (exact) mass is 441 g/mol. The molecular weight excluding hydrogens is 418 g/mol. The Kier molecular flexibility index (Phi) is 5.19. The van der Waals surface area contributed by atoms with Gasteiger partial charge in [-0.15, -0.1) is 0 Å². The van der Waals surface area contributed by atoms with Crippen molar-refractivity contribution < 1.29 is 9.90 Å². The maximum atomic E-state index is 13.2. The minimum Gasteiger partial charge on any atom is -0.393 e. The Morgan fingerprint density at radius 1 is 1.15 bits per heavy atom. The van der Waals surface area contributed by atoms with Crippen molar-refractivity contribution in [2.75, 3.05) is 24.5 Å². The summed E-state index contributed by atoms with van der Waals surface area (Å²) >= 11 is 9.74. The summed E-state index contributed by atoms with van der Waals surface area (Å²) in [4.78, 5) is 22.0. The van der Waals surface area contributed by atoms with E-state index in [2.05, 4.69) is 30.7 Å². The minimum absolute atomic E-state index is 0.177. The second kappa shape index (κ2) is 7.28. The van der Waals surface area contributed by atoms with Crippen LogP contribution in [0.3, 0.4) is 0 Å². The van der Waals surface area contributed by atoms with Crippen molar-refractivity contribution in [3.63, 3.8) is 0 Å². The van der Waals surface area contributed by atoms with Crippen LogP contribution in [-0.2, 0) is 4.79 Å². The van der Waals surface area contributed by atoms with E-state index in [1.165, 1.54) is 0 Å². The molecule has 1 spiro atoms. The molecule has 2 saturated heterocycles. The maximum Gasteiger partial charge on any atom is 0.229 e. The maximum absolute atomic E-state index is 13.2. The van der Waals surface area contributed by atoms with Gasteiger partial charge in [-0.05, 0) is 66.9 Å². The molecule has 1 aromatic rings. The van der Waals surface area contributed by atoms with Crippen LogP contribution in [0.25, 0.3) is 0 Å². The van der Waals surface area contributed by atoms with Crippen LogP contribution < -0.4 is 4.90 Å². The lowest BCUT2D eigenvalue weighted by Gasteiger charge is -2.40. The van der Waals surface area contributed by atoms with Gasteiger partial charge in [-0.3, -0.25) is 4.79 Å². The van der Waals surface area contributed by atoms with Crippen molar-refractivity contribution in [1.29, 1.82) is 0 Å². The summed E-state index contributed by atoms with van der Waals surface area (Å²) in [6.45, 7) is 2.51. The number of amides is 1. The molecule has 4 rings (SSSR count). The first-order chi connectivity index (χ1) is 12.5. The number of anilines is 1. The van der Waals surface area contributed by atoms with Gasteiger partial charge in [0, 0.05) is 36.3 Å². The van der Waals surface area contributed by atoms with E-state index in [1.54, 1.807) is 6.20 Å². The Morgan fingerprint density at radius 3 is 2.46 bits per heavy atom. The number of carbonyl (C=O) groups is 1. The molecule has 142 valence electrons. The van der Waals surface area contributed by atoms with E-state index in [0.29, 0.717) is 17.0 Å². The van der Waals surface area contributed by atoms with E-state index in [-0.39, 0.29) is 11.5 Å². The average molecular weight is 443 g/mol. The number of piperidine rings is 1. The second-order valence-corrected chi connectivity index (χ2v) is 9.26. The number of aromatic nitrogens is 1. The van der Waals surface area contributed by atoms with Gasteiger partial charge in [0.15, 0.2) is 0 Å². The van der Waals surface area contributed by atoms with Crippen molar-refractivity contribution in [3.8, 4) is 0 Å². The summed E-state index contributed by atoms with van der Waals surface area (Å²) in [5.74, 6) is 1.15. The Labute approximate surface area is 167 Å². The lowest BCUT2D eigenvalue weighted by molar-refractivity contribution is -0.139. The summed E-state index contributed by atoms with van der Waals surface area (Å²) in [5.41, 5.74) is -0.200. The molecular formula is C19H25BrClN3O2. The van der Waals surface area contributed by atoms with Gasteiger partial charge in [0.2, 0.25) is 5.91 Å². The van der Waals surface area contributed by atoms with E-state index in [0.717, 1.165) is 74.9 Å². The standard InChI is InChI=1S/C19H25BrClN3O2/c20-13-11-16(21)17(22-12-13)23-8-5-19(6-9-23)7-10-24(18(19)26)14-1-3-15(25)4-2-14/h11-12,14-15,25H,1-10H2/t14-,15-. The number of rotatable bonds is 2. The van der Waals surface area contributed by atoms with Crippen molar-refractivity contribution >= 4 is 39.3 Å². The number of aliphatic hydroxyl groups excluding tert-OH is 1. The number of carbonyl (C=O) groups excluding carboxylic acids is 1. The van der Waals surface area contributed by atoms with Crippen molar-refractivity contribution in [1.82, 2.24) is 9.88 Å². The van der Waals surface area contributed by atoms with Crippen LogP contribution in [0.2, 0.25) is 5.02 Å². The Bertz CT molecular complexity index is 685. The van der Waals surface area contributed by atoms with Gasteiger partial charge in [-0.25, -0.2) is 4.98 Å². The van der Waals surface area contributed by atoms with Gasteiger partial charge in [0.05, 0.1) is 16.5 Å². The zero-order valence-electron chi connectivity index (χ0n) is 14.8. The number of likely N-dealkylation sites (tertiary alicyclic amines) is 1. The zero-order chi connectivity index (χ0) is 18.3. The van der Waals surface area contributed by atoms with E-state index in [1.807, 2.05) is 6.07 Å². The first kappa shape index (κ1) is 18.5. The fraction of sp³-hybridized carbons (Fsp3) is 0.684. The van der Waals surface area contributed by atoms with Gasteiger partial charge in [-0.1, -0.05) is 11.6 Å². The van der Waals surface area contributed by atoms with Crippen molar-refractivity contribution in [3.05, 3.63) is 21.8 Å². The molecule has 5 nitrogen and oxygen atoms in total. The Morgan fingerprint density at radius 2 is 1.81 bits per heavy atom. The van der Waals surface area contributed by atoms with Gasteiger partial charge in [0.1, 0.15) is 5.82 Å². The van der Waals surface area contributed by atoms with Crippen molar-refractivity contribution in [2.24, 2.45) is 5.41 Å². The molecule has 3 heterocycles. The highest BCUT2D eigenvalue weighted by molar-refractivity contribution is 9.10. The lowest BCUT2D eigenvalue weighted by Crippen LogP contribution is -2.47. The summed E-state index contributed by atoms with van der Waals surface area (Å²) in [5, 5.41) is 10.4. The summed E-state index contributed by atoms with van der Waals surface area (Å²) < 4.78 is 0.874. The molecule has 3 aliphatic rings. The van der Waals surface area contributed by atoms with Crippen LogP contribution >= 0.6 is 27.5 Å². The van der Waals surface area contributed by atoms with Gasteiger partial charge >= 0.3 is 0 Å². The van der Waals surface area contributed by atoms with E-state index < -0.39 is 0 Å². The van der Waals surface area contributed by atoms with Crippen LogP contribution in [0.15, 0.2) is 16.7 Å². The van der Waals surface area contributed by atoms with Crippen LogP contribution in [0.4, 0.5) is 5.82 Å². The first-order valence-electron chi connectivity index (χ1n) is 9.54. The topological polar surface area (TPSA) is 56.7 Å². The molecule has 1 aromatic heterocycles. The van der Waals surface area contributed by atoms with Gasteiger partial charge in [0.25, 0.3) is 0 Å². The summed E-state index contributed by atoms with van der Waals surface area (Å²) in [6, 6.07) is 2.19. The van der Waals surface area contributed by atoms with Crippen LogP contribution in [0.5, 0.6) is 0 Å². The predicted octanol–water partition coefficient (Wildman–Crippen LogP) is 3.62. The normalized spacial score (nSPS) is 28.8. The quantitative estimate of drug-likeness (QED) is 0.760. The Hall–Kier alpha value is -0.850. The fourth-order valence-electron chi connectivity index (χ4n) is 4.82. The molecule has 0 atom stereocenters. The molecule has 0 aromatic carbocycles. The number of hydrogen-bond donors (Lipinski definition) is 1. The van der Waals surface area contributed by atoms with E-state index in [4.69, 9.17) is 11.6 Å². The molecule has 0 radical (unpaired) electrons. The third kappa shape index (κ3) is 3.36. The number of pyridine rings is 1. The smallest absolute Gasteiger partial charge is 0.229 e. The molecule has 0 bridgehead atoms. The predicted molar refractivity (Wildman–Crippen MR) is 105 cm³/mol. The average Bonchev–Trinajstić information content (AvgIpc) is 2.94. The number of hydrogen-bond acceptors (Lipinski definition) is 4. The zero-order valence-corrected chi connectivity index (χ0v) is 17.2. The second-order valence-electron chi connectivity index (χ2n) is 7.94. The highest BCUT2D eigenvalue weighted by Crippen LogP contribution is 2.44.